The van der Waals surface area contributed by atoms with Crippen LogP contribution >= 0.6 is 11.3 Å². The summed E-state index contributed by atoms with van der Waals surface area (Å²) in [6.07, 6.45) is 9.93. The number of nitrogens with zero attached hydrogens (tertiary/aromatic N) is 4. The topological polar surface area (TPSA) is 92.3 Å². The van der Waals surface area contributed by atoms with Gasteiger partial charge in [0.2, 0.25) is 5.91 Å². The van der Waals surface area contributed by atoms with Gasteiger partial charge in [-0.05, 0) is 99.0 Å². The Bertz CT molecular complexity index is 1450. The zero-order chi connectivity index (χ0) is 25.2. The van der Waals surface area contributed by atoms with Gasteiger partial charge in [0.15, 0.2) is 5.65 Å². The van der Waals surface area contributed by atoms with E-state index in [-0.39, 0.29) is 5.91 Å². The Kier molecular flexibility index (Phi) is 5.72. The van der Waals surface area contributed by atoms with E-state index in [0.717, 1.165) is 24.3 Å². The number of thiophene rings is 1. The van der Waals surface area contributed by atoms with Gasteiger partial charge in [-0.3, -0.25) is 9.69 Å². The summed E-state index contributed by atoms with van der Waals surface area (Å²) >= 11 is 1.97. The zero-order valence-corrected chi connectivity index (χ0v) is 22.5. The number of rotatable bonds is 5. The molecular weight excluding hydrogens is 468 g/mol. The predicted octanol–water partition coefficient (Wildman–Crippen LogP) is 5.51. The molecule has 1 spiro atoms. The molecule has 1 saturated carbocycles. The number of hydrogen-bond donors (Lipinski definition) is 2. The molecule has 2 aliphatic rings. The summed E-state index contributed by atoms with van der Waals surface area (Å²) in [5, 5.41) is 5.82. The molecule has 4 aromatic heterocycles. The number of pyridine rings is 1. The van der Waals surface area contributed by atoms with Crippen LogP contribution in [0.25, 0.3) is 27.1 Å². The number of likely N-dealkylation sites (tertiary alicyclic amines) is 1. The number of carbonyl (C=O) groups excluding carboxylic acids is 1. The number of aromatic nitrogens is 4. The van der Waals surface area contributed by atoms with Gasteiger partial charge in [-0.2, -0.15) is 5.10 Å². The van der Waals surface area contributed by atoms with E-state index in [2.05, 4.69) is 59.9 Å². The number of aromatic amines is 1. The number of aryl methyl sites for hydroxylation is 2. The number of nitrogens with one attached hydrogen (secondary N) is 1. The molecule has 6 rings (SSSR count). The summed E-state index contributed by atoms with van der Waals surface area (Å²) in [7, 11) is 0. The molecule has 1 unspecified atom stereocenters. The molecule has 8 heteroatoms. The van der Waals surface area contributed by atoms with Crippen molar-refractivity contribution in [3.05, 3.63) is 40.2 Å². The lowest BCUT2D eigenvalue weighted by Crippen LogP contribution is -2.42. The lowest BCUT2D eigenvalue weighted by molar-refractivity contribution is -0.119. The Balaban J connectivity index is 1.32. The molecule has 1 aliphatic heterocycles. The van der Waals surface area contributed by atoms with Gasteiger partial charge in [0.05, 0.1) is 12.2 Å². The minimum absolute atomic E-state index is 0.212. The first-order valence-electron chi connectivity index (χ1n) is 13.2. The molecule has 0 radical (unpaired) electrons. The molecule has 190 valence electrons. The SMILES string of the molecule is Cc1c(C2CCC3(CCN(CC(N)=O)CC3)C2)sc2[nH]c(-c3cc(C)c4ncnn4c3)c(C(C)C)c12. The second-order valence-electron chi connectivity index (χ2n) is 11.5. The molecule has 0 bridgehead atoms. The van der Waals surface area contributed by atoms with Gasteiger partial charge in [-0.15, -0.1) is 11.3 Å². The van der Waals surface area contributed by atoms with Gasteiger partial charge in [0.1, 0.15) is 11.2 Å². The summed E-state index contributed by atoms with van der Waals surface area (Å²) in [6, 6.07) is 2.23. The van der Waals surface area contributed by atoms with Crippen LogP contribution in [0.2, 0.25) is 0 Å². The molecule has 5 heterocycles. The number of H-pyrrole nitrogens is 1. The number of primary amides is 1. The van der Waals surface area contributed by atoms with Crippen LogP contribution in [0.15, 0.2) is 18.6 Å². The van der Waals surface area contributed by atoms with Crippen molar-refractivity contribution in [2.75, 3.05) is 19.6 Å². The summed E-state index contributed by atoms with van der Waals surface area (Å²) in [6.45, 7) is 11.4. The largest absolute Gasteiger partial charge is 0.369 e. The van der Waals surface area contributed by atoms with Crippen molar-refractivity contribution in [1.82, 2.24) is 24.5 Å². The van der Waals surface area contributed by atoms with Crippen molar-refractivity contribution in [2.24, 2.45) is 11.1 Å². The minimum atomic E-state index is -0.212. The van der Waals surface area contributed by atoms with E-state index in [4.69, 9.17) is 5.73 Å². The van der Waals surface area contributed by atoms with Crippen molar-refractivity contribution in [3.63, 3.8) is 0 Å². The number of hydrogen-bond acceptors (Lipinski definition) is 5. The van der Waals surface area contributed by atoms with Crippen LogP contribution < -0.4 is 5.73 Å². The van der Waals surface area contributed by atoms with Crippen molar-refractivity contribution in [2.45, 2.75) is 71.6 Å². The van der Waals surface area contributed by atoms with Crippen molar-refractivity contribution < 1.29 is 4.79 Å². The third-order valence-electron chi connectivity index (χ3n) is 8.76. The summed E-state index contributed by atoms with van der Waals surface area (Å²) < 4.78 is 1.88. The Hall–Kier alpha value is -2.71. The maximum absolute atomic E-state index is 11.3. The van der Waals surface area contributed by atoms with Crippen LogP contribution in [0.5, 0.6) is 0 Å². The standard InChI is InChI=1S/C28H36N6OS/c1-16(2)22-23-18(4)25(19-5-6-28(12-19)7-9-33(10-8-28)14-21(29)35)36-27(23)32-24(22)20-11-17(3)26-30-15-31-34(26)13-20/h11,13,15-16,19,32H,5-10,12,14H2,1-4H3,(H2,29,35). The summed E-state index contributed by atoms with van der Waals surface area (Å²) in [4.78, 5) is 24.7. The number of carbonyl (C=O) groups is 1. The minimum Gasteiger partial charge on any atom is -0.369 e. The second-order valence-corrected chi connectivity index (χ2v) is 12.5. The number of nitrogens with two attached hydrogens (primary N) is 1. The highest BCUT2D eigenvalue weighted by molar-refractivity contribution is 7.19. The molecule has 0 aromatic carbocycles. The number of piperidine rings is 1. The highest BCUT2D eigenvalue weighted by atomic mass is 32.1. The molecule has 1 aliphatic carbocycles. The quantitative estimate of drug-likeness (QED) is 0.375. The summed E-state index contributed by atoms with van der Waals surface area (Å²) in [5.74, 6) is 0.832. The lowest BCUT2D eigenvalue weighted by atomic mass is 9.76. The van der Waals surface area contributed by atoms with Crippen molar-refractivity contribution in [1.29, 1.82) is 0 Å². The molecule has 3 N–H and O–H groups in total. The maximum atomic E-state index is 11.3. The van der Waals surface area contributed by atoms with E-state index in [9.17, 15) is 4.79 Å². The zero-order valence-electron chi connectivity index (χ0n) is 21.7. The molecule has 2 fully saturated rings. The maximum Gasteiger partial charge on any atom is 0.231 e. The fourth-order valence-electron chi connectivity index (χ4n) is 6.97. The van der Waals surface area contributed by atoms with Gasteiger partial charge < -0.3 is 10.7 Å². The van der Waals surface area contributed by atoms with E-state index in [1.54, 1.807) is 11.2 Å². The van der Waals surface area contributed by atoms with Gasteiger partial charge >= 0.3 is 0 Å². The molecular formula is C28H36N6OS. The average Bonchev–Trinajstić information content (AvgIpc) is 3.59. The third-order valence-corrected chi connectivity index (χ3v) is 10.1. The van der Waals surface area contributed by atoms with Crippen LogP contribution in [0.1, 0.15) is 79.4 Å². The first-order chi connectivity index (χ1) is 17.2. The fourth-order valence-corrected chi connectivity index (χ4v) is 8.33. The Morgan fingerprint density at radius 1 is 1.28 bits per heavy atom. The van der Waals surface area contributed by atoms with Gasteiger partial charge in [0.25, 0.3) is 0 Å². The lowest BCUT2D eigenvalue weighted by Gasteiger charge is -2.39. The van der Waals surface area contributed by atoms with Crippen molar-refractivity contribution >= 4 is 33.1 Å². The molecule has 4 aromatic rings. The summed E-state index contributed by atoms with van der Waals surface area (Å²) in [5.41, 5.74) is 13.2. The van der Waals surface area contributed by atoms with Crippen LogP contribution in [-0.4, -0.2) is 50.0 Å². The molecule has 1 saturated heterocycles. The number of fused-ring (bicyclic) bond motifs is 2. The van der Waals surface area contributed by atoms with E-state index in [0.29, 0.717) is 23.8 Å². The third kappa shape index (κ3) is 3.86. The first-order valence-corrected chi connectivity index (χ1v) is 14.0. The van der Waals surface area contributed by atoms with E-state index in [1.807, 2.05) is 15.9 Å². The molecule has 1 amide bonds. The van der Waals surface area contributed by atoms with Gasteiger partial charge in [0, 0.05) is 22.0 Å². The molecule has 1 atom stereocenters. The average molecular weight is 505 g/mol. The highest BCUT2D eigenvalue weighted by Gasteiger charge is 2.43. The predicted molar refractivity (Wildman–Crippen MR) is 146 cm³/mol. The Labute approximate surface area is 216 Å². The second kappa shape index (κ2) is 8.70. The smallest absolute Gasteiger partial charge is 0.231 e. The highest BCUT2D eigenvalue weighted by Crippen LogP contribution is 2.55. The van der Waals surface area contributed by atoms with E-state index in [1.165, 1.54) is 64.7 Å². The Morgan fingerprint density at radius 2 is 2.06 bits per heavy atom. The van der Waals surface area contributed by atoms with Crippen LogP contribution in [0.4, 0.5) is 0 Å². The Morgan fingerprint density at radius 3 is 2.78 bits per heavy atom. The molecule has 36 heavy (non-hydrogen) atoms. The van der Waals surface area contributed by atoms with Crippen LogP contribution in [-0.2, 0) is 4.79 Å². The van der Waals surface area contributed by atoms with Crippen LogP contribution in [0, 0.1) is 19.3 Å². The molecule has 7 nitrogen and oxygen atoms in total. The monoisotopic (exact) mass is 504 g/mol. The van der Waals surface area contributed by atoms with Gasteiger partial charge in [-0.1, -0.05) is 13.8 Å². The van der Waals surface area contributed by atoms with Gasteiger partial charge in [-0.25, -0.2) is 9.50 Å². The number of amides is 1. The fraction of sp³-hybridized carbons (Fsp3) is 0.536. The van der Waals surface area contributed by atoms with E-state index >= 15 is 0 Å². The van der Waals surface area contributed by atoms with E-state index < -0.39 is 0 Å². The normalized spacial score (nSPS) is 20.4. The first kappa shape index (κ1) is 23.7. The van der Waals surface area contributed by atoms with Crippen LogP contribution in [0.3, 0.4) is 0 Å². The van der Waals surface area contributed by atoms with Crippen molar-refractivity contribution in [3.8, 4) is 11.3 Å².